The molecule has 0 saturated heterocycles. The first-order chi connectivity index (χ1) is 11.0. The number of carbonyl (C=O) groups excluding carboxylic acids is 1. The zero-order chi connectivity index (χ0) is 16.8. The monoisotopic (exact) mass is 338 g/mol. The maximum atomic E-state index is 13.1. The van der Waals surface area contributed by atoms with Gasteiger partial charge in [-0.2, -0.15) is 0 Å². The fraction of sp³-hybridized carbons (Fsp3) is 0.235. The Morgan fingerprint density at radius 2 is 1.83 bits per heavy atom. The average Bonchev–Trinajstić information content (AvgIpc) is 2.50. The van der Waals surface area contributed by atoms with Crippen molar-refractivity contribution in [3.8, 4) is 0 Å². The second-order valence-electron chi connectivity index (χ2n) is 5.18. The van der Waals surface area contributed by atoms with Crippen LogP contribution < -0.4 is 10.6 Å². The van der Waals surface area contributed by atoms with Gasteiger partial charge in [0.25, 0.3) is 0 Å². The number of nitrogens with one attached hydrogen (secondary N) is 2. The largest absolute Gasteiger partial charge is 0.351 e. The Bertz CT molecular complexity index is 674. The number of hydrogen-bond donors (Lipinski definition) is 2. The molecule has 1 amide bonds. The van der Waals surface area contributed by atoms with E-state index in [1.807, 2.05) is 25.1 Å². The number of hydrogen-bond acceptors (Lipinski definition) is 2. The molecule has 1 atom stereocenters. The molecule has 2 aromatic rings. The summed E-state index contributed by atoms with van der Waals surface area (Å²) in [6.45, 7) is 2.04. The first-order valence-electron chi connectivity index (χ1n) is 7.15. The van der Waals surface area contributed by atoms with Crippen molar-refractivity contribution in [1.29, 1.82) is 0 Å². The van der Waals surface area contributed by atoms with E-state index < -0.39 is 11.6 Å². The molecule has 122 valence electrons. The third-order valence-corrected chi connectivity index (χ3v) is 3.70. The number of halogens is 3. The van der Waals surface area contributed by atoms with Crippen LogP contribution in [0.3, 0.4) is 0 Å². The normalized spacial score (nSPS) is 12.0. The quantitative estimate of drug-likeness (QED) is 0.845. The zero-order valence-corrected chi connectivity index (χ0v) is 13.3. The summed E-state index contributed by atoms with van der Waals surface area (Å²) >= 11 is 6.09. The molecular formula is C17H17ClF2N2O. The molecule has 3 nitrogen and oxygen atoms in total. The van der Waals surface area contributed by atoms with Crippen LogP contribution in [0.2, 0.25) is 5.02 Å². The van der Waals surface area contributed by atoms with Gasteiger partial charge in [-0.15, -0.1) is 0 Å². The van der Waals surface area contributed by atoms with E-state index in [4.69, 9.17) is 11.6 Å². The second kappa shape index (κ2) is 8.04. The second-order valence-corrected chi connectivity index (χ2v) is 5.59. The molecule has 2 rings (SSSR count). The number of benzene rings is 2. The van der Waals surface area contributed by atoms with Crippen molar-refractivity contribution in [3.63, 3.8) is 0 Å². The van der Waals surface area contributed by atoms with Gasteiger partial charge in [-0.3, -0.25) is 4.79 Å². The van der Waals surface area contributed by atoms with Gasteiger partial charge in [0.15, 0.2) is 0 Å². The molecule has 0 aliphatic carbocycles. The minimum absolute atomic E-state index is 0.0651. The van der Waals surface area contributed by atoms with Gasteiger partial charge in [0.2, 0.25) is 5.91 Å². The smallest absolute Gasteiger partial charge is 0.234 e. The minimum atomic E-state index is -0.667. The first kappa shape index (κ1) is 17.4. The van der Waals surface area contributed by atoms with Crippen molar-refractivity contribution in [2.45, 2.75) is 19.5 Å². The van der Waals surface area contributed by atoms with E-state index in [-0.39, 0.29) is 25.0 Å². The van der Waals surface area contributed by atoms with Crippen molar-refractivity contribution < 1.29 is 13.6 Å². The molecule has 6 heteroatoms. The first-order valence-corrected chi connectivity index (χ1v) is 7.53. The van der Waals surface area contributed by atoms with Crippen molar-refractivity contribution in [1.82, 2.24) is 10.6 Å². The number of carbonyl (C=O) groups is 1. The van der Waals surface area contributed by atoms with E-state index in [9.17, 15) is 13.6 Å². The standard InChI is InChI=1S/C17H17ClF2N2O/c1-11(15-4-2-3-5-16(15)18)21-10-17(23)22-9-12-6-13(19)8-14(20)7-12/h2-8,11,21H,9-10H2,1H3,(H,22,23). The lowest BCUT2D eigenvalue weighted by Gasteiger charge is -2.15. The highest BCUT2D eigenvalue weighted by atomic mass is 35.5. The molecule has 0 bridgehead atoms. The zero-order valence-electron chi connectivity index (χ0n) is 12.6. The van der Waals surface area contributed by atoms with Gasteiger partial charge >= 0.3 is 0 Å². The average molecular weight is 339 g/mol. The van der Waals surface area contributed by atoms with Gasteiger partial charge in [-0.1, -0.05) is 29.8 Å². The van der Waals surface area contributed by atoms with E-state index in [1.165, 1.54) is 12.1 Å². The third-order valence-electron chi connectivity index (χ3n) is 3.35. The molecule has 0 aliphatic heterocycles. The van der Waals surface area contributed by atoms with Crippen LogP contribution in [0, 0.1) is 11.6 Å². The Labute approximate surface area is 138 Å². The van der Waals surface area contributed by atoms with Gasteiger partial charge in [0, 0.05) is 23.7 Å². The molecule has 0 heterocycles. The van der Waals surface area contributed by atoms with E-state index in [2.05, 4.69) is 10.6 Å². The molecule has 1 unspecified atom stereocenters. The fourth-order valence-corrected chi connectivity index (χ4v) is 2.46. The van der Waals surface area contributed by atoms with Gasteiger partial charge in [-0.05, 0) is 36.2 Å². The summed E-state index contributed by atoms with van der Waals surface area (Å²) in [4.78, 5) is 11.8. The molecule has 0 aromatic heterocycles. The van der Waals surface area contributed by atoms with Crippen LogP contribution >= 0.6 is 11.6 Å². The van der Waals surface area contributed by atoms with E-state index >= 15 is 0 Å². The van der Waals surface area contributed by atoms with E-state index in [0.29, 0.717) is 10.6 Å². The highest BCUT2D eigenvalue weighted by Crippen LogP contribution is 2.21. The maximum Gasteiger partial charge on any atom is 0.234 e. The lowest BCUT2D eigenvalue weighted by atomic mass is 10.1. The summed E-state index contributed by atoms with van der Waals surface area (Å²) in [6.07, 6.45) is 0. The molecular weight excluding hydrogens is 322 g/mol. The Balaban J connectivity index is 1.82. The molecule has 0 radical (unpaired) electrons. The lowest BCUT2D eigenvalue weighted by molar-refractivity contribution is -0.120. The summed E-state index contributed by atoms with van der Waals surface area (Å²) in [5, 5.41) is 6.29. The van der Waals surface area contributed by atoms with Crippen LogP contribution in [-0.4, -0.2) is 12.5 Å². The molecule has 23 heavy (non-hydrogen) atoms. The summed E-state index contributed by atoms with van der Waals surface area (Å²) in [5.41, 5.74) is 1.27. The van der Waals surface area contributed by atoms with Crippen molar-refractivity contribution >= 4 is 17.5 Å². The predicted octanol–water partition coefficient (Wildman–Crippen LogP) is 3.59. The van der Waals surface area contributed by atoms with Crippen molar-refractivity contribution in [2.24, 2.45) is 0 Å². The van der Waals surface area contributed by atoms with Crippen LogP contribution in [0.4, 0.5) is 8.78 Å². The van der Waals surface area contributed by atoms with Crippen LogP contribution in [0.25, 0.3) is 0 Å². The van der Waals surface area contributed by atoms with Gasteiger partial charge in [0.05, 0.1) is 6.54 Å². The van der Waals surface area contributed by atoms with Gasteiger partial charge < -0.3 is 10.6 Å². The van der Waals surface area contributed by atoms with Crippen LogP contribution in [0.1, 0.15) is 24.1 Å². The molecule has 0 spiro atoms. The maximum absolute atomic E-state index is 13.1. The molecule has 0 aliphatic rings. The molecule has 2 aromatic carbocycles. The van der Waals surface area contributed by atoms with Crippen molar-refractivity contribution in [3.05, 3.63) is 70.2 Å². The number of rotatable bonds is 6. The summed E-state index contributed by atoms with van der Waals surface area (Å²) in [7, 11) is 0. The molecule has 0 fully saturated rings. The topological polar surface area (TPSA) is 41.1 Å². The van der Waals surface area contributed by atoms with Gasteiger partial charge in [0.1, 0.15) is 11.6 Å². The summed E-state index contributed by atoms with van der Waals surface area (Å²) < 4.78 is 26.1. The molecule has 2 N–H and O–H groups in total. The Morgan fingerprint density at radius 3 is 2.48 bits per heavy atom. The highest BCUT2D eigenvalue weighted by Gasteiger charge is 2.10. The Morgan fingerprint density at radius 1 is 1.17 bits per heavy atom. The Kier molecular flexibility index (Phi) is 6.07. The third kappa shape index (κ3) is 5.30. The predicted molar refractivity (Wildman–Crippen MR) is 86.1 cm³/mol. The van der Waals surface area contributed by atoms with Gasteiger partial charge in [-0.25, -0.2) is 8.78 Å². The summed E-state index contributed by atoms with van der Waals surface area (Å²) in [6, 6.07) is 10.4. The Hall–Kier alpha value is -1.98. The van der Waals surface area contributed by atoms with Crippen LogP contribution in [0.15, 0.2) is 42.5 Å². The highest BCUT2D eigenvalue weighted by molar-refractivity contribution is 6.31. The molecule has 0 saturated carbocycles. The lowest BCUT2D eigenvalue weighted by Crippen LogP contribution is -2.34. The SMILES string of the molecule is CC(NCC(=O)NCc1cc(F)cc(F)c1)c1ccccc1Cl. The fourth-order valence-electron chi connectivity index (χ4n) is 2.16. The van der Waals surface area contributed by atoms with Crippen LogP contribution in [0.5, 0.6) is 0 Å². The summed E-state index contributed by atoms with van der Waals surface area (Å²) in [5.74, 6) is -1.60. The number of amides is 1. The van der Waals surface area contributed by atoms with Crippen LogP contribution in [-0.2, 0) is 11.3 Å². The van der Waals surface area contributed by atoms with E-state index in [1.54, 1.807) is 6.07 Å². The van der Waals surface area contributed by atoms with Crippen molar-refractivity contribution in [2.75, 3.05) is 6.54 Å². The van der Waals surface area contributed by atoms with E-state index in [0.717, 1.165) is 11.6 Å². The minimum Gasteiger partial charge on any atom is -0.351 e.